The fourth-order valence-electron chi connectivity index (χ4n) is 1.72. The van der Waals surface area contributed by atoms with Crippen LogP contribution in [0.1, 0.15) is 47.5 Å². The highest BCUT2D eigenvalue weighted by Gasteiger charge is 2.41. The van der Waals surface area contributed by atoms with Gasteiger partial charge in [0.1, 0.15) is 0 Å². The minimum absolute atomic E-state index is 0.0173. The van der Waals surface area contributed by atoms with E-state index in [4.69, 9.17) is 14.2 Å². The predicted molar refractivity (Wildman–Crippen MR) is 64.6 cm³/mol. The molecule has 0 N–H and O–H groups in total. The van der Waals surface area contributed by atoms with Crippen LogP contribution in [0.3, 0.4) is 0 Å². The third-order valence-electron chi connectivity index (χ3n) is 3.36. The van der Waals surface area contributed by atoms with Gasteiger partial charge in [-0.2, -0.15) is 0 Å². The molecule has 0 aromatic carbocycles. The SMILES string of the molecule is CCOC(=O)CC[C@]1(C)OCC(C)(C)[C@H](C)O1. The molecule has 1 rings (SSSR count). The van der Waals surface area contributed by atoms with Gasteiger partial charge in [-0.25, -0.2) is 0 Å². The Balaban J connectivity index is 2.46. The molecule has 1 saturated heterocycles. The monoisotopic (exact) mass is 244 g/mol. The number of rotatable bonds is 4. The lowest BCUT2D eigenvalue weighted by molar-refractivity contribution is -0.319. The first-order chi connectivity index (χ1) is 7.79. The number of carbonyl (C=O) groups is 1. The van der Waals surface area contributed by atoms with Crippen molar-refractivity contribution in [2.45, 2.75) is 59.4 Å². The number of hydrogen-bond acceptors (Lipinski definition) is 4. The average molecular weight is 244 g/mol. The number of hydrogen-bond donors (Lipinski definition) is 0. The molecule has 0 aromatic rings. The zero-order valence-corrected chi connectivity index (χ0v) is 11.5. The summed E-state index contributed by atoms with van der Waals surface area (Å²) < 4.78 is 16.5. The van der Waals surface area contributed by atoms with Crippen molar-refractivity contribution in [2.24, 2.45) is 5.41 Å². The summed E-state index contributed by atoms with van der Waals surface area (Å²) in [6.07, 6.45) is 0.979. The van der Waals surface area contributed by atoms with Crippen LogP contribution < -0.4 is 0 Å². The summed E-state index contributed by atoms with van der Waals surface area (Å²) in [6, 6.07) is 0. The van der Waals surface area contributed by atoms with Gasteiger partial charge in [-0.3, -0.25) is 4.79 Å². The summed E-state index contributed by atoms with van der Waals surface area (Å²) in [6.45, 7) is 11.0. The summed E-state index contributed by atoms with van der Waals surface area (Å²) in [4.78, 5) is 11.3. The van der Waals surface area contributed by atoms with E-state index in [9.17, 15) is 4.79 Å². The van der Waals surface area contributed by atoms with Crippen LogP contribution in [0.15, 0.2) is 0 Å². The average Bonchev–Trinajstić information content (AvgIpc) is 2.23. The number of esters is 1. The van der Waals surface area contributed by atoms with Crippen molar-refractivity contribution < 1.29 is 19.0 Å². The molecule has 4 nitrogen and oxygen atoms in total. The second-order valence-electron chi connectivity index (χ2n) is 5.48. The molecule has 1 fully saturated rings. The molecule has 1 heterocycles. The minimum atomic E-state index is -0.665. The number of carbonyl (C=O) groups excluding carboxylic acids is 1. The summed E-state index contributed by atoms with van der Waals surface area (Å²) in [5, 5.41) is 0. The molecule has 0 aliphatic carbocycles. The Morgan fingerprint density at radius 2 is 2.06 bits per heavy atom. The van der Waals surface area contributed by atoms with Gasteiger partial charge in [-0.1, -0.05) is 13.8 Å². The van der Waals surface area contributed by atoms with Crippen LogP contribution in [-0.2, 0) is 19.0 Å². The Kier molecular flexibility index (Phi) is 4.55. The molecule has 0 amide bonds. The molecular formula is C13H24O4. The normalized spacial score (nSPS) is 32.2. The Labute approximate surface area is 104 Å². The molecule has 1 aliphatic heterocycles. The molecule has 17 heavy (non-hydrogen) atoms. The van der Waals surface area contributed by atoms with Crippen molar-refractivity contribution in [3.05, 3.63) is 0 Å². The van der Waals surface area contributed by atoms with E-state index < -0.39 is 5.79 Å². The van der Waals surface area contributed by atoms with Crippen LogP contribution in [0.5, 0.6) is 0 Å². The molecule has 4 heteroatoms. The van der Waals surface area contributed by atoms with Crippen LogP contribution in [0.4, 0.5) is 0 Å². The molecule has 0 unspecified atom stereocenters. The van der Waals surface area contributed by atoms with Gasteiger partial charge in [-0.05, 0) is 20.8 Å². The lowest BCUT2D eigenvalue weighted by Crippen LogP contribution is -2.50. The van der Waals surface area contributed by atoms with Crippen molar-refractivity contribution in [1.29, 1.82) is 0 Å². The number of ether oxygens (including phenoxy) is 3. The highest BCUT2D eigenvalue weighted by Crippen LogP contribution is 2.36. The van der Waals surface area contributed by atoms with E-state index in [1.807, 2.05) is 13.8 Å². The lowest BCUT2D eigenvalue weighted by atomic mass is 9.87. The van der Waals surface area contributed by atoms with Gasteiger partial charge in [-0.15, -0.1) is 0 Å². The van der Waals surface area contributed by atoms with Crippen LogP contribution in [-0.4, -0.2) is 31.1 Å². The highest BCUT2D eigenvalue weighted by atomic mass is 16.7. The van der Waals surface area contributed by atoms with Crippen molar-refractivity contribution in [3.63, 3.8) is 0 Å². The molecule has 1 aliphatic rings. The Bertz CT molecular complexity index is 275. The van der Waals surface area contributed by atoms with Crippen LogP contribution in [0.25, 0.3) is 0 Å². The molecule has 0 saturated carbocycles. The maximum Gasteiger partial charge on any atom is 0.305 e. The third-order valence-corrected chi connectivity index (χ3v) is 3.36. The zero-order valence-electron chi connectivity index (χ0n) is 11.5. The van der Waals surface area contributed by atoms with Crippen molar-refractivity contribution in [2.75, 3.05) is 13.2 Å². The van der Waals surface area contributed by atoms with Crippen molar-refractivity contribution >= 4 is 5.97 Å². The largest absolute Gasteiger partial charge is 0.466 e. The molecule has 2 atom stereocenters. The summed E-state index contributed by atoms with van der Waals surface area (Å²) in [5.41, 5.74) is 0.0173. The van der Waals surface area contributed by atoms with Crippen LogP contribution >= 0.6 is 0 Å². The van der Waals surface area contributed by atoms with E-state index in [0.717, 1.165) is 0 Å². The zero-order chi connectivity index (χ0) is 13.1. The molecule has 0 bridgehead atoms. The molecule has 0 spiro atoms. The third kappa shape index (κ3) is 3.96. The van der Waals surface area contributed by atoms with Crippen LogP contribution in [0, 0.1) is 5.41 Å². The molecular weight excluding hydrogens is 220 g/mol. The first-order valence-electron chi connectivity index (χ1n) is 6.26. The van der Waals surface area contributed by atoms with Gasteiger partial charge in [0.2, 0.25) is 0 Å². The molecule has 0 radical (unpaired) electrons. The summed E-state index contributed by atoms with van der Waals surface area (Å²) >= 11 is 0. The van der Waals surface area contributed by atoms with Crippen molar-refractivity contribution in [3.8, 4) is 0 Å². The Hall–Kier alpha value is -0.610. The highest BCUT2D eigenvalue weighted by molar-refractivity contribution is 5.69. The first kappa shape index (κ1) is 14.5. The fraction of sp³-hybridized carbons (Fsp3) is 0.923. The van der Waals surface area contributed by atoms with E-state index in [-0.39, 0.29) is 17.5 Å². The summed E-state index contributed by atoms with van der Waals surface area (Å²) in [7, 11) is 0. The van der Waals surface area contributed by atoms with Crippen LogP contribution in [0.2, 0.25) is 0 Å². The lowest BCUT2D eigenvalue weighted by Gasteiger charge is -2.46. The maximum absolute atomic E-state index is 11.3. The van der Waals surface area contributed by atoms with Gasteiger partial charge in [0, 0.05) is 11.8 Å². The quantitative estimate of drug-likeness (QED) is 0.713. The molecule has 0 aromatic heterocycles. The van der Waals surface area contributed by atoms with E-state index in [0.29, 0.717) is 26.1 Å². The maximum atomic E-state index is 11.3. The second kappa shape index (κ2) is 5.36. The fourth-order valence-corrected chi connectivity index (χ4v) is 1.72. The van der Waals surface area contributed by atoms with Crippen molar-refractivity contribution in [1.82, 2.24) is 0 Å². The van der Waals surface area contributed by atoms with Gasteiger partial charge in [0.15, 0.2) is 5.79 Å². The van der Waals surface area contributed by atoms with Gasteiger partial charge in [0.05, 0.1) is 25.7 Å². The van der Waals surface area contributed by atoms with Gasteiger partial charge < -0.3 is 14.2 Å². The Morgan fingerprint density at radius 3 is 2.59 bits per heavy atom. The Morgan fingerprint density at radius 1 is 1.41 bits per heavy atom. The summed E-state index contributed by atoms with van der Waals surface area (Å²) in [5.74, 6) is -0.861. The minimum Gasteiger partial charge on any atom is -0.466 e. The standard InChI is InChI=1S/C13H24O4/c1-6-15-11(14)7-8-13(5)16-9-12(3,4)10(2)17-13/h10H,6-9H2,1-5H3/t10-,13+/m0/s1. The van der Waals surface area contributed by atoms with E-state index in [1.165, 1.54) is 0 Å². The predicted octanol–water partition coefficient (Wildman–Crippen LogP) is 2.51. The molecule has 100 valence electrons. The van der Waals surface area contributed by atoms with Gasteiger partial charge in [0.25, 0.3) is 0 Å². The topological polar surface area (TPSA) is 44.8 Å². The second-order valence-corrected chi connectivity index (χ2v) is 5.48. The smallest absolute Gasteiger partial charge is 0.305 e. The van der Waals surface area contributed by atoms with E-state index >= 15 is 0 Å². The van der Waals surface area contributed by atoms with Gasteiger partial charge >= 0.3 is 5.97 Å². The van der Waals surface area contributed by atoms with E-state index in [1.54, 1.807) is 6.92 Å². The first-order valence-corrected chi connectivity index (χ1v) is 6.26. The van der Waals surface area contributed by atoms with E-state index in [2.05, 4.69) is 13.8 Å².